The SMILES string of the molecule is C=C(NC)C(C)C(CC)C(C)CCCC(C)CC(C)C(C(C)CC)N(C)CCC(C)C. The van der Waals surface area contributed by atoms with Crippen LogP contribution in [-0.2, 0) is 0 Å². The van der Waals surface area contributed by atoms with Gasteiger partial charge in [0.25, 0.3) is 0 Å². The summed E-state index contributed by atoms with van der Waals surface area (Å²) in [7, 11) is 4.37. The molecule has 0 fully saturated rings. The molecule has 0 heterocycles. The van der Waals surface area contributed by atoms with Crippen LogP contribution in [0.1, 0.15) is 107 Å². The summed E-state index contributed by atoms with van der Waals surface area (Å²) in [6.45, 7) is 27.1. The largest absolute Gasteiger partial charge is 0.392 e. The third-order valence-electron chi connectivity index (χ3n) is 8.22. The van der Waals surface area contributed by atoms with E-state index in [9.17, 15) is 0 Å². The molecule has 0 spiro atoms. The Hall–Kier alpha value is -0.500. The summed E-state index contributed by atoms with van der Waals surface area (Å²) in [4.78, 5) is 2.68. The van der Waals surface area contributed by atoms with Gasteiger partial charge in [-0.15, -0.1) is 0 Å². The van der Waals surface area contributed by atoms with Gasteiger partial charge in [0.1, 0.15) is 0 Å². The molecule has 2 heteroatoms. The monoisotopic (exact) mass is 436 g/mol. The van der Waals surface area contributed by atoms with Crippen molar-refractivity contribution in [1.29, 1.82) is 0 Å². The van der Waals surface area contributed by atoms with Gasteiger partial charge in [-0.05, 0) is 67.9 Å². The summed E-state index contributed by atoms with van der Waals surface area (Å²) in [6, 6.07) is 0.711. The molecule has 0 bridgehead atoms. The van der Waals surface area contributed by atoms with Crippen LogP contribution in [0.4, 0.5) is 0 Å². The lowest BCUT2D eigenvalue weighted by molar-refractivity contribution is 0.108. The Morgan fingerprint density at radius 2 is 1.45 bits per heavy atom. The van der Waals surface area contributed by atoms with E-state index in [-0.39, 0.29) is 0 Å². The van der Waals surface area contributed by atoms with Crippen molar-refractivity contribution in [2.45, 2.75) is 113 Å². The van der Waals surface area contributed by atoms with Crippen molar-refractivity contribution in [3.8, 4) is 0 Å². The Labute approximate surface area is 198 Å². The molecule has 0 amide bonds. The quantitative estimate of drug-likeness (QED) is 0.233. The summed E-state index contributed by atoms with van der Waals surface area (Å²) >= 11 is 0. The van der Waals surface area contributed by atoms with Crippen LogP contribution in [0.5, 0.6) is 0 Å². The maximum absolute atomic E-state index is 4.22. The fraction of sp³-hybridized carbons (Fsp3) is 0.931. The highest BCUT2D eigenvalue weighted by Crippen LogP contribution is 2.33. The van der Waals surface area contributed by atoms with Crippen LogP contribution >= 0.6 is 0 Å². The van der Waals surface area contributed by atoms with Crippen LogP contribution in [0.2, 0.25) is 0 Å². The van der Waals surface area contributed by atoms with Crippen molar-refractivity contribution in [3.63, 3.8) is 0 Å². The van der Waals surface area contributed by atoms with Crippen molar-refractivity contribution in [2.24, 2.45) is 41.4 Å². The van der Waals surface area contributed by atoms with Gasteiger partial charge in [0.2, 0.25) is 0 Å². The topological polar surface area (TPSA) is 15.3 Å². The van der Waals surface area contributed by atoms with Gasteiger partial charge < -0.3 is 10.2 Å². The molecular formula is C29H60N2. The second-order valence-corrected chi connectivity index (χ2v) is 11.4. The first-order valence-corrected chi connectivity index (χ1v) is 13.6. The van der Waals surface area contributed by atoms with Gasteiger partial charge in [-0.2, -0.15) is 0 Å². The third kappa shape index (κ3) is 11.3. The van der Waals surface area contributed by atoms with Crippen LogP contribution in [-0.4, -0.2) is 31.6 Å². The Balaban J connectivity index is 4.69. The first kappa shape index (κ1) is 30.5. The van der Waals surface area contributed by atoms with Gasteiger partial charge >= 0.3 is 0 Å². The van der Waals surface area contributed by atoms with E-state index in [4.69, 9.17) is 0 Å². The number of nitrogens with zero attached hydrogens (tertiary/aromatic N) is 1. The lowest BCUT2D eigenvalue weighted by atomic mass is 9.77. The number of nitrogens with one attached hydrogen (secondary N) is 1. The first-order valence-electron chi connectivity index (χ1n) is 13.6. The predicted molar refractivity (Wildman–Crippen MR) is 142 cm³/mol. The maximum Gasteiger partial charge on any atom is 0.0143 e. The third-order valence-corrected chi connectivity index (χ3v) is 8.22. The minimum atomic E-state index is 0.556. The second-order valence-electron chi connectivity index (χ2n) is 11.4. The highest BCUT2D eigenvalue weighted by molar-refractivity contribution is 4.98. The summed E-state index contributed by atoms with van der Waals surface area (Å²) in [6.07, 6.45) is 9.27. The molecule has 1 N–H and O–H groups in total. The molecule has 0 aliphatic carbocycles. The number of hydrogen-bond donors (Lipinski definition) is 1. The zero-order chi connectivity index (χ0) is 24.1. The minimum absolute atomic E-state index is 0.556. The number of hydrogen-bond acceptors (Lipinski definition) is 2. The van der Waals surface area contributed by atoms with Crippen molar-refractivity contribution in [1.82, 2.24) is 10.2 Å². The molecule has 2 nitrogen and oxygen atoms in total. The maximum atomic E-state index is 4.22. The molecule has 0 aromatic heterocycles. The van der Waals surface area contributed by atoms with Crippen LogP contribution in [0.3, 0.4) is 0 Å². The molecule has 0 aliphatic heterocycles. The van der Waals surface area contributed by atoms with Crippen LogP contribution < -0.4 is 5.32 Å². The fourth-order valence-electron chi connectivity index (χ4n) is 5.91. The molecule has 0 aliphatic rings. The van der Waals surface area contributed by atoms with E-state index >= 15 is 0 Å². The highest BCUT2D eigenvalue weighted by atomic mass is 15.1. The Morgan fingerprint density at radius 3 is 1.94 bits per heavy atom. The van der Waals surface area contributed by atoms with Crippen LogP contribution in [0, 0.1) is 41.4 Å². The molecule has 31 heavy (non-hydrogen) atoms. The van der Waals surface area contributed by atoms with Gasteiger partial charge in [0.15, 0.2) is 0 Å². The van der Waals surface area contributed by atoms with E-state index in [0.29, 0.717) is 12.0 Å². The fourth-order valence-corrected chi connectivity index (χ4v) is 5.91. The molecule has 0 aromatic rings. The van der Waals surface area contributed by atoms with Gasteiger partial charge in [-0.25, -0.2) is 0 Å². The average Bonchev–Trinajstić information content (AvgIpc) is 2.71. The highest BCUT2D eigenvalue weighted by Gasteiger charge is 2.28. The van der Waals surface area contributed by atoms with Gasteiger partial charge in [0.05, 0.1) is 0 Å². The van der Waals surface area contributed by atoms with Gasteiger partial charge in [-0.3, -0.25) is 0 Å². The molecule has 0 radical (unpaired) electrons. The standard InChI is InChI=1S/C29H60N2/c1-13-23(6)29(31(12)19-18-21(3)4)25(8)20-22(5)16-15-17-24(7)28(14-2)26(9)27(10)30-11/h21-26,28-30H,10,13-20H2,1-9,11-12H3. The zero-order valence-electron chi connectivity index (χ0n) is 23.4. The summed E-state index contributed by atoms with van der Waals surface area (Å²) < 4.78 is 0. The van der Waals surface area contributed by atoms with Gasteiger partial charge in [0, 0.05) is 18.8 Å². The molecule has 0 saturated heterocycles. The van der Waals surface area contributed by atoms with E-state index in [0.717, 1.165) is 35.5 Å². The second kappa shape index (κ2) is 16.2. The normalized spacial score (nSPS) is 19.0. The molecule has 7 unspecified atom stereocenters. The average molecular weight is 437 g/mol. The van der Waals surface area contributed by atoms with E-state index < -0.39 is 0 Å². The molecule has 0 rings (SSSR count). The van der Waals surface area contributed by atoms with Crippen molar-refractivity contribution in [3.05, 3.63) is 12.3 Å². The van der Waals surface area contributed by atoms with Crippen LogP contribution in [0.15, 0.2) is 12.3 Å². The van der Waals surface area contributed by atoms with E-state index in [1.54, 1.807) is 0 Å². The molecule has 0 saturated carbocycles. The summed E-state index contributed by atoms with van der Waals surface area (Å²) in [5.74, 6) is 5.20. The van der Waals surface area contributed by atoms with E-state index in [1.807, 2.05) is 7.05 Å². The molecular weight excluding hydrogens is 376 g/mol. The smallest absolute Gasteiger partial charge is 0.0143 e. The zero-order valence-corrected chi connectivity index (χ0v) is 23.4. The summed E-state index contributed by atoms with van der Waals surface area (Å²) in [5, 5.41) is 3.28. The van der Waals surface area contributed by atoms with Crippen molar-refractivity contribution < 1.29 is 0 Å². The Morgan fingerprint density at radius 1 is 0.839 bits per heavy atom. The van der Waals surface area contributed by atoms with Crippen molar-refractivity contribution in [2.75, 3.05) is 20.6 Å². The molecule has 0 aromatic carbocycles. The molecule has 7 atom stereocenters. The first-order chi connectivity index (χ1) is 14.5. The number of rotatable bonds is 18. The lowest BCUT2D eigenvalue weighted by Crippen LogP contribution is -2.43. The van der Waals surface area contributed by atoms with Crippen molar-refractivity contribution >= 4 is 0 Å². The number of allylic oxidation sites excluding steroid dienone is 1. The lowest BCUT2D eigenvalue weighted by Gasteiger charge is -2.38. The van der Waals surface area contributed by atoms with E-state index in [2.05, 4.69) is 86.2 Å². The predicted octanol–water partition coefficient (Wildman–Crippen LogP) is 8.24. The minimum Gasteiger partial charge on any atom is -0.392 e. The van der Waals surface area contributed by atoms with Gasteiger partial charge in [-0.1, -0.05) is 101 Å². The summed E-state index contributed by atoms with van der Waals surface area (Å²) in [5.41, 5.74) is 1.19. The Kier molecular flexibility index (Phi) is 15.9. The molecule has 186 valence electrons. The Bertz CT molecular complexity index is 458. The van der Waals surface area contributed by atoms with Crippen LogP contribution in [0.25, 0.3) is 0 Å². The van der Waals surface area contributed by atoms with E-state index in [1.165, 1.54) is 57.2 Å².